The topological polar surface area (TPSA) is 30.7 Å². The molecule has 1 aliphatic rings. The number of aromatic nitrogens is 3. The van der Waals surface area contributed by atoms with Gasteiger partial charge in [-0.25, -0.2) is 22.8 Å². The van der Waals surface area contributed by atoms with E-state index in [1.165, 1.54) is 23.8 Å². The van der Waals surface area contributed by atoms with Gasteiger partial charge in [0.25, 0.3) is 6.43 Å². The molecule has 0 radical (unpaired) electrons. The van der Waals surface area contributed by atoms with Crippen LogP contribution in [-0.2, 0) is 6.42 Å². The van der Waals surface area contributed by atoms with Crippen molar-refractivity contribution >= 4 is 11.0 Å². The van der Waals surface area contributed by atoms with Crippen LogP contribution in [0, 0.1) is 5.82 Å². The fourth-order valence-corrected chi connectivity index (χ4v) is 3.81. The lowest BCUT2D eigenvalue weighted by atomic mass is 10.0. The predicted octanol–water partition coefficient (Wildman–Crippen LogP) is 6.60. The molecule has 1 saturated carbocycles. The Labute approximate surface area is 172 Å². The zero-order valence-corrected chi connectivity index (χ0v) is 16.4. The van der Waals surface area contributed by atoms with Crippen molar-refractivity contribution in [3.63, 3.8) is 0 Å². The Hall–Kier alpha value is -3.15. The number of halogens is 3. The molecule has 152 valence electrons. The monoisotopic (exact) mass is 407 g/mol. The van der Waals surface area contributed by atoms with E-state index in [-0.39, 0.29) is 17.3 Å². The SMILES string of the molecule is CCc1ccc(-c2cc(C(F)F)c3c(C4CC4)nn(-c4ccc(F)cc4)c3n2)cc1. The van der Waals surface area contributed by atoms with Crippen LogP contribution >= 0.6 is 0 Å². The molecule has 5 rings (SSSR count). The second-order valence-electron chi connectivity index (χ2n) is 7.69. The van der Waals surface area contributed by atoms with E-state index in [1.807, 2.05) is 24.3 Å². The van der Waals surface area contributed by atoms with E-state index in [0.717, 1.165) is 24.8 Å². The second kappa shape index (κ2) is 7.27. The van der Waals surface area contributed by atoms with Crippen LogP contribution < -0.4 is 0 Å². The normalized spacial score (nSPS) is 14.0. The van der Waals surface area contributed by atoms with Crippen molar-refractivity contribution in [1.82, 2.24) is 14.8 Å². The Morgan fingerprint density at radius 2 is 1.73 bits per heavy atom. The summed E-state index contributed by atoms with van der Waals surface area (Å²) in [5, 5.41) is 5.08. The number of benzene rings is 2. The van der Waals surface area contributed by atoms with Gasteiger partial charge in [0.1, 0.15) is 5.82 Å². The summed E-state index contributed by atoms with van der Waals surface area (Å²) in [4.78, 5) is 4.75. The molecule has 0 saturated heterocycles. The van der Waals surface area contributed by atoms with Crippen LogP contribution in [0.5, 0.6) is 0 Å². The summed E-state index contributed by atoms with van der Waals surface area (Å²) >= 11 is 0. The molecule has 1 aliphatic carbocycles. The molecule has 2 aromatic carbocycles. The van der Waals surface area contributed by atoms with Crippen molar-refractivity contribution in [2.24, 2.45) is 0 Å². The minimum Gasteiger partial charge on any atom is -0.228 e. The zero-order valence-electron chi connectivity index (χ0n) is 16.4. The van der Waals surface area contributed by atoms with Crippen LogP contribution in [0.1, 0.15) is 48.9 Å². The van der Waals surface area contributed by atoms with Crippen LogP contribution in [0.2, 0.25) is 0 Å². The van der Waals surface area contributed by atoms with Gasteiger partial charge in [-0.15, -0.1) is 0 Å². The first-order chi connectivity index (χ1) is 14.5. The molecular formula is C24H20F3N3. The predicted molar refractivity (Wildman–Crippen MR) is 111 cm³/mol. The van der Waals surface area contributed by atoms with Gasteiger partial charge in [0, 0.05) is 17.0 Å². The Bertz CT molecular complexity index is 1210. The smallest absolute Gasteiger partial charge is 0.228 e. The maximum Gasteiger partial charge on any atom is 0.264 e. The molecule has 1 fully saturated rings. The number of rotatable bonds is 5. The van der Waals surface area contributed by atoms with Crippen LogP contribution in [0.4, 0.5) is 13.2 Å². The number of hydrogen-bond donors (Lipinski definition) is 0. The molecule has 2 heterocycles. The van der Waals surface area contributed by atoms with E-state index in [2.05, 4.69) is 12.0 Å². The van der Waals surface area contributed by atoms with Crippen LogP contribution in [-0.4, -0.2) is 14.8 Å². The number of hydrogen-bond acceptors (Lipinski definition) is 2. The van der Waals surface area contributed by atoms with Gasteiger partial charge in [-0.2, -0.15) is 5.10 Å². The highest BCUT2D eigenvalue weighted by Crippen LogP contribution is 2.45. The molecule has 0 unspecified atom stereocenters. The van der Waals surface area contributed by atoms with Crippen molar-refractivity contribution < 1.29 is 13.2 Å². The maximum atomic E-state index is 14.1. The fraction of sp³-hybridized carbons (Fsp3) is 0.250. The first kappa shape index (κ1) is 18.9. The van der Waals surface area contributed by atoms with E-state index >= 15 is 0 Å². The van der Waals surface area contributed by atoms with Gasteiger partial charge in [-0.05, 0) is 55.2 Å². The van der Waals surface area contributed by atoms with Crippen LogP contribution in [0.15, 0.2) is 54.6 Å². The minimum atomic E-state index is -2.65. The lowest BCUT2D eigenvalue weighted by Gasteiger charge is -2.09. The van der Waals surface area contributed by atoms with Crippen molar-refractivity contribution in [2.75, 3.05) is 0 Å². The van der Waals surface area contributed by atoms with Crippen molar-refractivity contribution in [3.8, 4) is 16.9 Å². The molecule has 30 heavy (non-hydrogen) atoms. The number of pyridine rings is 1. The molecule has 0 N–H and O–H groups in total. The third kappa shape index (κ3) is 3.26. The van der Waals surface area contributed by atoms with Gasteiger partial charge in [0.15, 0.2) is 5.65 Å². The van der Waals surface area contributed by atoms with Gasteiger partial charge >= 0.3 is 0 Å². The zero-order chi connectivity index (χ0) is 20.8. The Balaban J connectivity index is 1.77. The molecule has 0 atom stereocenters. The summed E-state index contributed by atoms with van der Waals surface area (Å²) in [5.41, 5.74) is 4.01. The fourth-order valence-electron chi connectivity index (χ4n) is 3.81. The summed E-state index contributed by atoms with van der Waals surface area (Å²) in [6, 6.07) is 15.1. The molecule has 0 amide bonds. The van der Waals surface area contributed by atoms with E-state index in [4.69, 9.17) is 4.98 Å². The molecule has 3 nitrogen and oxygen atoms in total. The highest BCUT2D eigenvalue weighted by Gasteiger charge is 2.33. The lowest BCUT2D eigenvalue weighted by molar-refractivity contribution is 0.153. The van der Waals surface area contributed by atoms with Gasteiger partial charge < -0.3 is 0 Å². The van der Waals surface area contributed by atoms with Crippen molar-refractivity contribution in [2.45, 2.75) is 38.5 Å². The molecule has 2 aromatic heterocycles. The van der Waals surface area contributed by atoms with Gasteiger partial charge in [-0.3, -0.25) is 0 Å². The number of alkyl halides is 2. The van der Waals surface area contributed by atoms with Gasteiger partial charge in [0.2, 0.25) is 0 Å². The number of fused-ring (bicyclic) bond motifs is 1. The average Bonchev–Trinajstić information content (AvgIpc) is 3.54. The average molecular weight is 407 g/mol. The van der Waals surface area contributed by atoms with E-state index in [0.29, 0.717) is 28.1 Å². The third-order valence-corrected chi connectivity index (χ3v) is 5.62. The number of nitrogens with zero attached hydrogens (tertiary/aromatic N) is 3. The Morgan fingerprint density at radius 3 is 2.33 bits per heavy atom. The lowest BCUT2D eigenvalue weighted by Crippen LogP contribution is -2.00. The Morgan fingerprint density at radius 1 is 1.03 bits per heavy atom. The summed E-state index contributed by atoms with van der Waals surface area (Å²) in [6.07, 6.45) is 0.112. The second-order valence-corrected chi connectivity index (χ2v) is 7.69. The third-order valence-electron chi connectivity index (χ3n) is 5.62. The van der Waals surface area contributed by atoms with Crippen LogP contribution in [0.25, 0.3) is 28.0 Å². The first-order valence-electron chi connectivity index (χ1n) is 10.1. The minimum absolute atomic E-state index is 0.0511. The van der Waals surface area contributed by atoms with Crippen molar-refractivity contribution in [1.29, 1.82) is 0 Å². The quantitative estimate of drug-likeness (QED) is 0.373. The van der Waals surface area contributed by atoms with Crippen LogP contribution in [0.3, 0.4) is 0 Å². The van der Waals surface area contributed by atoms with Gasteiger partial charge in [-0.1, -0.05) is 31.2 Å². The molecule has 6 heteroatoms. The van der Waals surface area contributed by atoms with E-state index < -0.39 is 6.43 Å². The summed E-state index contributed by atoms with van der Waals surface area (Å²) < 4.78 is 43.3. The summed E-state index contributed by atoms with van der Waals surface area (Å²) in [6.45, 7) is 2.06. The largest absolute Gasteiger partial charge is 0.264 e. The molecule has 0 spiro atoms. The first-order valence-corrected chi connectivity index (χ1v) is 10.1. The Kier molecular flexibility index (Phi) is 4.57. The highest BCUT2D eigenvalue weighted by molar-refractivity contribution is 5.87. The van der Waals surface area contributed by atoms with Gasteiger partial charge in [0.05, 0.1) is 22.5 Å². The summed E-state index contributed by atoms with van der Waals surface area (Å²) in [7, 11) is 0. The molecule has 0 bridgehead atoms. The van der Waals surface area contributed by atoms with E-state index in [9.17, 15) is 13.2 Å². The highest BCUT2D eigenvalue weighted by atomic mass is 19.3. The van der Waals surface area contributed by atoms with E-state index in [1.54, 1.807) is 16.8 Å². The summed E-state index contributed by atoms with van der Waals surface area (Å²) in [5.74, 6) is -0.196. The molecule has 4 aromatic rings. The van der Waals surface area contributed by atoms with Crippen molar-refractivity contribution in [3.05, 3.63) is 77.2 Å². The molecule has 0 aliphatic heterocycles. The molecular weight excluding hydrogens is 387 g/mol. The maximum absolute atomic E-state index is 14.1. The number of aryl methyl sites for hydroxylation is 1. The standard InChI is InChI=1S/C24H20F3N3/c1-2-14-3-5-15(6-4-14)20-13-19(23(26)27)21-22(16-7-8-16)29-30(24(21)28-20)18-11-9-17(25)10-12-18/h3-6,9-13,16,23H,2,7-8H2,1H3.